The fourth-order valence-electron chi connectivity index (χ4n) is 3.51. The Morgan fingerprint density at radius 3 is 2.00 bits per heavy atom. The van der Waals surface area contributed by atoms with Gasteiger partial charge in [-0.05, 0) is 67.5 Å². The summed E-state index contributed by atoms with van der Waals surface area (Å²) < 4.78 is 7.05. The van der Waals surface area contributed by atoms with Gasteiger partial charge in [0, 0.05) is 4.47 Å². The van der Waals surface area contributed by atoms with Crippen molar-refractivity contribution >= 4 is 39.1 Å². The molecule has 0 atom stereocenters. The van der Waals surface area contributed by atoms with Crippen molar-refractivity contribution in [2.24, 2.45) is 0 Å². The van der Waals surface area contributed by atoms with Crippen LogP contribution in [0.3, 0.4) is 0 Å². The van der Waals surface area contributed by atoms with E-state index in [1.807, 2.05) is 0 Å². The summed E-state index contributed by atoms with van der Waals surface area (Å²) in [5.74, 6) is 0.984. The Labute approximate surface area is 186 Å². The third kappa shape index (κ3) is 9.62. The molecule has 0 aliphatic heterocycles. The maximum atomic E-state index is 5.93. The Hall–Kier alpha value is -0.770. The number of hydrogen-bond donors (Lipinski definition) is 0. The summed E-state index contributed by atoms with van der Waals surface area (Å²) in [5, 5.41) is 2.48. The van der Waals surface area contributed by atoms with Crippen LogP contribution in [0.15, 0.2) is 40.9 Å². The Morgan fingerprint density at radius 2 is 1.32 bits per heavy atom. The first-order valence-corrected chi connectivity index (χ1v) is 11.6. The van der Waals surface area contributed by atoms with Crippen LogP contribution in [0, 0.1) is 0 Å². The van der Waals surface area contributed by atoms with Gasteiger partial charge < -0.3 is 9.64 Å². The van der Waals surface area contributed by atoms with Crippen LogP contribution in [0.2, 0.25) is 0 Å². The number of ether oxygens (including phenoxy) is 1. The van der Waals surface area contributed by atoms with Crippen molar-refractivity contribution < 1.29 is 4.74 Å². The molecule has 0 aliphatic rings. The number of rotatable bonds is 14. The van der Waals surface area contributed by atoms with Gasteiger partial charge in [-0.2, -0.15) is 0 Å². The molecule has 0 radical (unpaired) electrons. The van der Waals surface area contributed by atoms with Crippen molar-refractivity contribution in [3.8, 4) is 5.75 Å². The summed E-state index contributed by atoms with van der Waals surface area (Å²) in [6.45, 7) is 8.99. The lowest BCUT2D eigenvalue weighted by atomic mass is 10.1. The van der Waals surface area contributed by atoms with Gasteiger partial charge in [0.2, 0.25) is 0 Å². The molecular weight excluding hydrogens is 434 g/mol. The van der Waals surface area contributed by atoms with Crippen LogP contribution in [0.4, 0.5) is 0 Å². The molecule has 2 aromatic carbocycles. The first-order valence-electron chi connectivity index (χ1n) is 10.8. The van der Waals surface area contributed by atoms with Crippen molar-refractivity contribution in [2.45, 2.75) is 65.2 Å². The number of benzene rings is 2. The molecule has 0 saturated heterocycles. The van der Waals surface area contributed by atoms with Crippen molar-refractivity contribution in [3.05, 3.63) is 40.9 Å². The third-order valence-electron chi connectivity index (χ3n) is 5.31. The fraction of sp³-hybridized carbons (Fsp3) is 0.583. The van der Waals surface area contributed by atoms with E-state index in [9.17, 15) is 0 Å². The van der Waals surface area contributed by atoms with Crippen molar-refractivity contribution in [2.75, 3.05) is 26.2 Å². The van der Waals surface area contributed by atoms with Crippen LogP contribution in [-0.4, -0.2) is 31.1 Å². The molecule has 0 spiro atoms. The van der Waals surface area contributed by atoms with Gasteiger partial charge in [0.1, 0.15) is 5.75 Å². The van der Waals surface area contributed by atoms with Crippen LogP contribution >= 0.6 is 28.3 Å². The molecular formula is C24H37BrClNO. The van der Waals surface area contributed by atoms with Gasteiger partial charge in [-0.1, -0.05) is 80.4 Å². The molecule has 0 unspecified atom stereocenters. The number of unbranched alkanes of at least 4 members (excludes halogenated alkanes) is 7. The fourth-order valence-corrected chi connectivity index (χ4v) is 3.89. The summed E-state index contributed by atoms with van der Waals surface area (Å²) in [4.78, 5) is 2.52. The molecule has 0 aliphatic carbocycles. The summed E-state index contributed by atoms with van der Waals surface area (Å²) in [7, 11) is 0. The molecule has 0 fully saturated rings. The molecule has 158 valence electrons. The second-order valence-electron chi connectivity index (χ2n) is 7.36. The van der Waals surface area contributed by atoms with Crippen LogP contribution < -0.4 is 4.74 Å². The minimum Gasteiger partial charge on any atom is -0.494 e. The molecule has 2 rings (SSSR count). The van der Waals surface area contributed by atoms with E-state index in [4.69, 9.17) is 4.74 Å². The first-order chi connectivity index (χ1) is 13.2. The van der Waals surface area contributed by atoms with Crippen LogP contribution in [0.5, 0.6) is 5.75 Å². The zero-order valence-electron chi connectivity index (χ0n) is 17.6. The molecule has 0 heterocycles. The Balaban J connectivity index is 0.00000392. The minimum absolute atomic E-state index is 0. The maximum Gasteiger partial charge on any atom is 0.119 e. The topological polar surface area (TPSA) is 12.5 Å². The zero-order valence-corrected chi connectivity index (χ0v) is 20.0. The lowest BCUT2D eigenvalue weighted by molar-refractivity contribution is 0.294. The zero-order chi connectivity index (χ0) is 19.3. The summed E-state index contributed by atoms with van der Waals surface area (Å²) >= 11 is 3.52. The molecule has 0 N–H and O–H groups in total. The van der Waals surface area contributed by atoms with E-state index in [1.165, 1.54) is 75.4 Å². The Morgan fingerprint density at radius 1 is 0.750 bits per heavy atom. The van der Waals surface area contributed by atoms with Crippen molar-refractivity contribution in [1.82, 2.24) is 4.90 Å². The molecule has 2 nitrogen and oxygen atoms in total. The van der Waals surface area contributed by atoms with Crippen LogP contribution in [-0.2, 0) is 0 Å². The number of hydrogen-bond acceptors (Lipinski definition) is 2. The lowest BCUT2D eigenvalue weighted by Gasteiger charge is -2.17. The van der Waals surface area contributed by atoms with Gasteiger partial charge >= 0.3 is 0 Å². The Bertz CT molecular complexity index is 660. The predicted molar refractivity (Wildman–Crippen MR) is 129 cm³/mol. The van der Waals surface area contributed by atoms with Gasteiger partial charge in [-0.25, -0.2) is 0 Å². The van der Waals surface area contributed by atoms with Gasteiger partial charge in [-0.3, -0.25) is 0 Å². The van der Waals surface area contributed by atoms with Gasteiger partial charge in [0.05, 0.1) is 6.61 Å². The van der Waals surface area contributed by atoms with Crippen molar-refractivity contribution in [1.29, 1.82) is 0 Å². The van der Waals surface area contributed by atoms with Gasteiger partial charge in [-0.15, -0.1) is 12.4 Å². The summed E-state index contributed by atoms with van der Waals surface area (Å²) in [5.41, 5.74) is 0. The van der Waals surface area contributed by atoms with E-state index in [-0.39, 0.29) is 12.4 Å². The van der Waals surface area contributed by atoms with E-state index in [1.54, 1.807) is 0 Å². The largest absolute Gasteiger partial charge is 0.494 e. The SMILES string of the molecule is CCN(CC)CCCCCCCCCCOc1ccc2cc(Br)ccc2c1.Cl. The highest BCUT2D eigenvalue weighted by molar-refractivity contribution is 9.10. The molecule has 2 aromatic rings. The second kappa shape index (κ2) is 15.1. The molecule has 0 saturated carbocycles. The molecule has 28 heavy (non-hydrogen) atoms. The number of fused-ring (bicyclic) bond motifs is 1. The first kappa shape index (κ1) is 25.3. The number of halogens is 2. The third-order valence-corrected chi connectivity index (χ3v) is 5.80. The quantitative estimate of drug-likeness (QED) is 0.260. The average molecular weight is 471 g/mol. The van der Waals surface area contributed by atoms with E-state index < -0.39 is 0 Å². The van der Waals surface area contributed by atoms with Crippen LogP contribution in [0.1, 0.15) is 65.2 Å². The summed E-state index contributed by atoms with van der Waals surface area (Å²) in [6, 6.07) is 12.7. The van der Waals surface area contributed by atoms with E-state index in [0.717, 1.165) is 23.2 Å². The summed E-state index contributed by atoms with van der Waals surface area (Å²) in [6.07, 6.45) is 10.7. The standard InChI is InChI=1S/C24H36BrNO.ClH/c1-3-26(4-2)17-11-9-7-5-6-8-10-12-18-27-24-16-14-21-19-23(25)15-13-22(21)20-24;/h13-16,19-20H,3-12,17-18H2,1-2H3;1H. The minimum atomic E-state index is 0. The van der Waals surface area contributed by atoms with E-state index in [2.05, 4.69) is 71.1 Å². The van der Waals surface area contributed by atoms with E-state index in [0.29, 0.717) is 0 Å². The van der Waals surface area contributed by atoms with E-state index >= 15 is 0 Å². The average Bonchev–Trinajstić information content (AvgIpc) is 2.69. The Kier molecular flexibility index (Phi) is 13.6. The second-order valence-corrected chi connectivity index (χ2v) is 8.27. The van der Waals surface area contributed by atoms with Crippen LogP contribution in [0.25, 0.3) is 10.8 Å². The maximum absolute atomic E-state index is 5.93. The van der Waals surface area contributed by atoms with Gasteiger partial charge in [0.25, 0.3) is 0 Å². The highest BCUT2D eigenvalue weighted by atomic mass is 79.9. The normalized spacial score (nSPS) is 11.0. The number of nitrogens with zero attached hydrogens (tertiary/aromatic N) is 1. The molecule has 4 heteroatoms. The van der Waals surface area contributed by atoms with Crippen molar-refractivity contribution in [3.63, 3.8) is 0 Å². The lowest BCUT2D eigenvalue weighted by Crippen LogP contribution is -2.23. The smallest absolute Gasteiger partial charge is 0.119 e. The monoisotopic (exact) mass is 469 g/mol. The molecule has 0 amide bonds. The highest BCUT2D eigenvalue weighted by Crippen LogP contribution is 2.24. The highest BCUT2D eigenvalue weighted by Gasteiger charge is 2.00. The predicted octanol–water partition coefficient (Wildman–Crippen LogP) is 7.87. The van der Waals surface area contributed by atoms with Gasteiger partial charge in [0.15, 0.2) is 0 Å². The molecule has 0 aromatic heterocycles. The molecule has 0 bridgehead atoms.